The summed E-state index contributed by atoms with van der Waals surface area (Å²) in [5, 5.41) is 0. The summed E-state index contributed by atoms with van der Waals surface area (Å²) >= 11 is 3.38. The van der Waals surface area contributed by atoms with E-state index in [9.17, 15) is 8.42 Å². The summed E-state index contributed by atoms with van der Waals surface area (Å²) < 4.78 is 34.4. The number of pyridine rings is 1. The molecule has 0 spiro atoms. The van der Waals surface area contributed by atoms with E-state index in [-0.39, 0.29) is 0 Å². The monoisotopic (exact) mass is 390 g/mol. The Kier molecular flexibility index (Phi) is 5.96. The van der Waals surface area contributed by atoms with Gasteiger partial charge in [-0.25, -0.2) is 4.98 Å². The molecule has 0 saturated carbocycles. The molecule has 1 aromatic rings. The highest BCUT2D eigenvalue weighted by Crippen LogP contribution is 2.33. The quantitative estimate of drug-likeness (QED) is 0.548. The van der Waals surface area contributed by atoms with Crippen molar-refractivity contribution in [3.05, 3.63) is 35.0 Å². The van der Waals surface area contributed by atoms with Crippen LogP contribution < -0.4 is 4.90 Å². The molecule has 1 saturated heterocycles. The third-order valence-corrected chi connectivity index (χ3v) is 4.21. The van der Waals surface area contributed by atoms with Crippen molar-refractivity contribution in [2.24, 2.45) is 0 Å². The van der Waals surface area contributed by atoms with Gasteiger partial charge < -0.3 is 9.64 Å². The normalized spacial score (nSPS) is 17.3. The van der Waals surface area contributed by atoms with Gasteiger partial charge in [0, 0.05) is 29.3 Å². The summed E-state index contributed by atoms with van der Waals surface area (Å²) in [5.74, 6) is 0.724. The first-order valence-electron chi connectivity index (χ1n) is 6.88. The molecule has 1 atom stereocenters. The molecular weight excluding hydrogens is 372 g/mol. The Labute approximate surface area is 139 Å². The standard InChI is InChI=1S/C14H19BrN2O4S/c1-3-4-13(21-22(2,18)19)12-9-11(15)10-16-14(12)17-5-7-20-8-6-17/h3,9-10,13H,1,4-8H2,2H3. The van der Waals surface area contributed by atoms with Crippen molar-refractivity contribution in [3.8, 4) is 0 Å². The van der Waals surface area contributed by atoms with Gasteiger partial charge in [0.1, 0.15) is 11.9 Å². The van der Waals surface area contributed by atoms with Crippen molar-refractivity contribution in [3.63, 3.8) is 0 Å². The molecule has 0 aliphatic carbocycles. The van der Waals surface area contributed by atoms with Crippen LogP contribution in [0.25, 0.3) is 0 Å². The van der Waals surface area contributed by atoms with Crippen LogP contribution in [0.5, 0.6) is 0 Å². The lowest BCUT2D eigenvalue weighted by atomic mass is 10.1. The van der Waals surface area contributed by atoms with Gasteiger partial charge in [0.2, 0.25) is 0 Å². The highest BCUT2D eigenvalue weighted by Gasteiger charge is 2.24. The molecule has 2 rings (SSSR count). The molecule has 0 radical (unpaired) electrons. The fourth-order valence-corrected chi connectivity index (χ4v) is 3.26. The number of hydrogen-bond donors (Lipinski definition) is 0. The molecule has 2 heterocycles. The van der Waals surface area contributed by atoms with Gasteiger partial charge in [0.25, 0.3) is 10.1 Å². The van der Waals surface area contributed by atoms with E-state index in [0.717, 1.165) is 22.1 Å². The molecule has 1 fully saturated rings. The zero-order chi connectivity index (χ0) is 16.2. The van der Waals surface area contributed by atoms with Gasteiger partial charge in [-0.05, 0) is 28.4 Å². The maximum atomic E-state index is 11.5. The van der Waals surface area contributed by atoms with Crippen molar-refractivity contribution in [1.82, 2.24) is 4.98 Å². The number of rotatable bonds is 6. The number of hydrogen-bond acceptors (Lipinski definition) is 6. The highest BCUT2D eigenvalue weighted by atomic mass is 79.9. The molecule has 1 aliphatic rings. The number of morpholine rings is 1. The van der Waals surface area contributed by atoms with Gasteiger partial charge in [0.05, 0.1) is 19.5 Å². The Morgan fingerprint density at radius 3 is 2.82 bits per heavy atom. The van der Waals surface area contributed by atoms with Crippen LogP contribution in [0, 0.1) is 0 Å². The molecular formula is C14H19BrN2O4S. The summed E-state index contributed by atoms with van der Waals surface area (Å²) in [6, 6.07) is 1.84. The van der Waals surface area contributed by atoms with Crippen molar-refractivity contribution in [2.75, 3.05) is 37.5 Å². The van der Waals surface area contributed by atoms with Crippen molar-refractivity contribution in [1.29, 1.82) is 0 Å². The van der Waals surface area contributed by atoms with Gasteiger partial charge in [-0.2, -0.15) is 8.42 Å². The fourth-order valence-electron chi connectivity index (χ4n) is 2.30. The van der Waals surface area contributed by atoms with Crippen LogP contribution in [0.15, 0.2) is 29.4 Å². The molecule has 22 heavy (non-hydrogen) atoms. The van der Waals surface area contributed by atoms with Crippen molar-refractivity contribution >= 4 is 31.9 Å². The van der Waals surface area contributed by atoms with Gasteiger partial charge in [-0.1, -0.05) is 6.08 Å². The minimum atomic E-state index is -3.59. The van der Waals surface area contributed by atoms with E-state index in [1.165, 1.54) is 0 Å². The first-order valence-corrected chi connectivity index (χ1v) is 9.49. The summed E-state index contributed by atoms with van der Waals surface area (Å²) in [4.78, 5) is 6.53. The Morgan fingerprint density at radius 1 is 1.55 bits per heavy atom. The smallest absolute Gasteiger partial charge is 0.264 e. The van der Waals surface area contributed by atoms with Crippen LogP contribution in [0.3, 0.4) is 0 Å². The van der Waals surface area contributed by atoms with Crippen LogP contribution in [-0.2, 0) is 19.0 Å². The average Bonchev–Trinajstić information content (AvgIpc) is 2.46. The number of ether oxygens (including phenoxy) is 1. The molecule has 6 nitrogen and oxygen atoms in total. The molecule has 0 N–H and O–H groups in total. The predicted octanol–water partition coefficient (Wildman–Crippen LogP) is 2.27. The number of nitrogens with zero attached hydrogens (tertiary/aromatic N) is 2. The minimum absolute atomic E-state index is 0.378. The lowest BCUT2D eigenvalue weighted by Crippen LogP contribution is -2.37. The summed E-state index contributed by atoms with van der Waals surface area (Å²) in [6.07, 6.45) is 4.11. The largest absolute Gasteiger partial charge is 0.378 e. The SMILES string of the molecule is C=CCC(OS(C)(=O)=O)c1cc(Br)cnc1N1CCOCC1. The minimum Gasteiger partial charge on any atom is -0.378 e. The Hall–Kier alpha value is -0.960. The van der Waals surface area contributed by atoms with Gasteiger partial charge in [0.15, 0.2) is 0 Å². The summed E-state index contributed by atoms with van der Waals surface area (Å²) in [5.41, 5.74) is 0.724. The third kappa shape index (κ3) is 4.77. The lowest BCUT2D eigenvalue weighted by Gasteiger charge is -2.31. The summed E-state index contributed by atoms with van der Waals surface area (Å²) in [7, 11) is -3.59. The average molecular weight is 391 g/mol. The molecule has 122 valence electrons. The topological polar surface area (TPSA) is 68.7 Å². The molecule has 1 aliphatic heterocycles. The molecule has 8 heteroatoms. The maximum absolute atomic E-state index is 11.5. The second-order valence-corrected chi connectivity index (χ2v) is 7.50. The number of anilines is 1. The van der Waals surface area contributed by atoms with Gasteiger partial charge in [-0.3, -0.25) is 4.18 Å². The molecule has 0 aromatic carbocycles. The van der Waals surface area contributed by atoms with E-state index < -0.39 is 16.2 Å². The highest BCUT2D eigenvalue weighted by molar-refractivity contribution is 9.10. The second-order valence-electron chi connectivity index (χ2n) is 4.98. The first-order chi connectivity index (χ1) is 10.4. The third-order valence-electron chi connectivity index (χ3n) is 3.19. The molecule has 1 aromatic heterocycles. The van der Waals surface area contributed by atoms with E-state index in [1.54, 1.807) is 12.3 Å². The zero-order valence-corrected chi connectivity index (χ0v) is 14.8. The van der Waals surface area contributed by atoms with E-state index >= 15 is 0 Å². The molecule has 0 bridgehead atoms. The van der Waals surface area contributed by atoms with Crippen LogP contribution in [0.4, 0.5) is 5.82 Å². The van der Waals surface area contributed by atoms with Crippen LogP contribution in [-0.4, -0.2) is 46.0 Å². The van der Waals surface area contributed by atoms with E-state index in [1.807, 2.05) is 6.07 Å². The Bertz CT molecular complexity index is 630. The first kappa shape index (κ1) is 17.4. The number of aromatic nitrogens is 1. The second kappa shape index (κ2) is 7.54. The predicted molar refractivity (Wildman–Crippen MR) is 88.5 cm³/mol. The van der Waals surface area contributed by atoms with Crippen LogP contribution in [0.2, 0.25) is 0 Å². The van der Waals surface area contributed by atoms with Gasteiger partial charge >= 0.3 is 0 Å². The molecule has 0 amide bonds. The Balaban J connectivity index is 2.40. The van der Waals surface area contributed by atoms with E-state index in [2.05, 4.69) is 32.4 Å². The van der Waals surface area contributed by atoms with Crippen molar-refractivity contribution < 1.29 is 17.3 Å². The van der Waals surface area contributed by atoms with Gasteiger partial charge in [-0.15, -0.1) is 6.58 Å². The maximum Gasteiger partial charge on any atom is 0.264 e. The lowest BCUT2D eigenvalue weighted by molar-refractivity contribution is 0.122. The fraction of sp³-hybridized carbons (Fsp3) is 0.500. The zero-order valence-electron chi connectivity index (χ0n) is 12.4. The number of halogens is 1. The van der Waals surface area contributed by atoms with Crippen molar-refractivity contribution in [2.45, 2.75) is 12.5 Å². The Morgan fingerprint density at radius 2 is 2.23 bits per heavy atom. The van der Waals surface area contributed by atoms with E-state index in [4.69, 9.17) is 8.92 Å². The van der Waals surface area contributed by atoms with Crippen LogP contribution >= 0.6 is 15.9 Å². The van der Waals surface area contributed by atoms with Crippen LogP contribution in [0.1, 0.15) is 18.1 Å². The molecule has 1 unspecified atom stereocenters. The van der Waals surface area contributed by atoms with E-state index in [0.29, 0.717) is 32.7 Å². The summed E-state index contributed by atoms with van der Waals surface area (Å²) in [6.45, 7) is 6.34.